The summed E-state index contributed by atoms with van der Waals surface area (Å²) in [6.45, 7) is 0. The molecule has 0 radical (unpaired) electrons. The zero-order valence-corrected chi connectivity index (χ0v) is 9.12. The fourth-order valence-electron chi connectivity index (χ4n) is 1.17. The molecule has 3 nitrogen and oxygen atoms in total. The van der Waals surface area contributed by atoms with Gasteiger partial charge in [0.1, 0.15) is 11.9 Å². The normalized spacial score (nSPS) is 13.6. The SMILES string of the molecule is CN(C)c1ccc(CC(N)C(F)(F)F)cn1. The topological polar surface area (TPSA) is 42.1 Å². The number of anilines is 1. The molecule has 0 fully saturated rings. The zero-order valence-electron chi connectivity index (χ0n) is 9.12. The molecule has 0 amide bonds. The Bertz CT molecular complexity index is 332. The van der Waals surface area contributed by atoms with Crippen molar-refractivity contribution in [3.8, 4) is 0 Å². The van der Waals surface area contributed by atoms with Crippen LogP contribution in [0.2, 0.25) is 0 Å². The molecular weight excluding hydrogens is 219 g/mol. The number of halogens is 3. The van der Waals surface area contributed by atoms with E-state index in [1.807, 2.05) is 14.1 Å². The molecule has 1 unspecified atom stereocenters. The number of rotatable bonds is 3. The maximum atomic E-state index is 12.2. The van der Waals surface area contributed by atoms with Gasteiger partial charge >= 0.3 is 6.18 Å². The molecule has 0 saturated carbocycles. The fourth-order valence-corrected chi connectivity index (χ4v) is 1.17. The molecule has 1 atom stereocenters. The number of hydrogen-bond donors (Lipinski definition) is 1. The molecule has 6 heteroatoms. The summed E-state index contributed by atoms with van der Waals surface area (Å²) in [6.07, 6.45) is -3.19. The van der Waals surface area contributed by atoms with Gasteiger partial charge in [-0.25, -0.2) is 4.98 Å². The van der Waals surface area contributed by atoms with Gasteiger partial charge in [0, 0.05) is 20.3 Å². The van der Waals surface area contributed by atoms with Crippen LogP contribution in [-0.2, 0) is 6.42 Å². The summed E-state index contributed by atoms with van der Waals surface area (Å²) in [5.74, 6) is 0.698. The van der Waals surface area contributed by atoms with Crippen LogP contribution in [0.15, 0.2) is 18.3 Å². The Kier molecular flexibility index (Phi) is 3.74. The first-order valence-corrected chi connectivity index (χ1v) is 4.75. The van der Waals surface area contributed by atoms with Crippen molar-refractivity contribution in [1.29, 1.82) is 0 Å². The van der Waals surface area contributed by atoms with Gasteiger partial charge in [-0.3, -0.25) is 0 Å². The highest BCUT2D eigenvalue weighted by atomic mass is 19.4. The van der Waals surface area contributed by atoms with Crippen molar-refractivity contribution in [3.63, 3.8) is 0 Å². The summed E-state index contributed by atoms with van der Waals surface area (Å²) in [7, 11) is 3.62. The second-order valence-corrected chi connectivity index (χ2v) is 3.77. The molecule has 0 spiro atoms. The average Bonchev–Trinajstić information content (AvgIpc) is 2.17. The van der Waals surface area contributed by atoms with Crippen molar-refractivity contribution in [2.75, 3.05) is 19.0 Å². The molecule has 0 aliphatic heterocycles. The predicted molar refractivity (Wildman–Crippen MR) is 56.3 cm³/mol. The molecule has 90 valence electrons. The number of aromatic nitrogens is 1. The first kappa shape index (κ1) is 12.8. The molecule has 1 heterocycles. The molecule has 1 aromatic heterocycles. The third-order valence-electron chi connectivity index (χ3n) is 2.14. The average molecular weight is 233 g/mol. The van der Waals surface area contributed by atoms with E-state index in [0.717, 1.165) is 0 Å². The number of pyridine rings is 1. The summed E-state index contributed by atoms with van der Waals surface area (Å²) in [6, 6.07) is 1.44. The van der Waals surface area contributed by atoms with Gasteiger partial charge in [0.15, 0.2) is 0 Å². The third kappa shape index (κ3) is 3.37. The molecule has 0 saturated heterocycles. The standard InChI is InChI=1S/C10H14F3N3/c1-16(2)9-4-3-7(6-15-9)5-8(14)10(11,12)13/h3-4,6,8H,5,14H2,1-2H3. The second kappa shape index (κ2) is 4.69. The van der Waals surface area contributed by atoms with E-state index >= 15 is 0 Å². The van der Waals surface area contributed by atoms with E-state index in [0.29, 0.717) is 11.4 Å². The van der Waals surface area contributed by atoms with Gasteiger partial charge in [0.25, 0.3) is 0 Å². The number of hydrogen-bond acceptors (Lipinski definition) is 3. The number of alkyl halides is 3. The Balaban J connectivity index is 2.69. The minimum Gasteiger partial charge on any atom is -0.363 e. The Labute approximate surface area is 92.1 Å². The highest BCUT2D eigenvalue weighted by Crippen LogP contribution is 2.21. The summed E-state index contributed by atoms with van der Waals surface area (Å²) in [5.41, 5.74) is 5.50. The van der Waals surface area contributed by atoms with Crippen molar-refractivity contribution in [2.45, 2.75) is 18.6 Å². The largest absolute Gasteiger partial charge is 0.403 e. The van der Waals surface area contributed by atoms with E-state index in [2.05, 4.69) is 4.98 Å². The Morgan fingerprint density at radius 3 is 2.38 bits per heavy atom. The van der Waals surface area contributed by atoms with Crippen molar-refractivity contribution in [3.05, 3.63) is 23.9 Å². The van der Waals surface area contributed by atoms with E-state index in [4.69, 9.17) is 5.73 Å². The Morgan fingerprint density at radius 2 is 2.00 bits per heavy atom. The molecule has 16 heavy (non-hydrogen) atoms. The van der Waals surface area contributed by atoms with Gasteiger partial charge in [-0.2, -0.15) is 13.2 Å². The van der Waals surface area contributed by atoms with E-state index in [-0.39, 0.29) is 6.42 Å². The zero-order chi connectivity index (χ0) is 12.3. The second-order valence-electron chi connectivity index (χ2n) is 3.77. The minimum atomic E-state index is -4.36. The van der Waals surface area contributed by atoms with Crippen LogP contribution in [-0.4, -0.2) is 31.3 Å². The first-order valence-electron chi connectivity index (χ1n) is 4.75. The predicted octanol–water partition coefficient (Wildman–Crippen LogP) is 1.58. The maximum Gasteiger partial charge on any atom is 0.403 e. The van der Waals surface area contributed by atoms with Crippen molar-refractivity contribution < 1.29 is 13.2 Å². The highest BCUT2D eigenvalue weighted by molar-refractivity contribution is 5.37. The summed E-state index contributed by atoms with van der Waals surface area (Å²) in [5, 5.41) is 0. The van der Waals surface area contributed by atoms with Crippen LogP contribution in [0.3, 0.4) is 0 Å². The molecule has 1 aromatic rings. The van der Waals surface area contributed by atoms with Crippen LogP contribution in [0.5, 0.6) is 0 Å². The Morgan fingerprint density at radius 1 is 1.38 bits per heavy atom. The lowest BCUT2D eigenvalue weighted by Crippen LogP contribution is -2.39. The molecular formula is C10H14F3N3. The molecule has 0 aliphatic rings. The molecule has 0 aromatic carbocycles. The van der Waals surface area contributed by atoms with Crippen LogP contribution in [0, 0.1) is 0 Å². The lowest BCUT2D eigenvalue weighted by molar-refractivity contribution is -0.147. The van der Waals surface area contributed by atoms with Gasteiger partial charge in [-0.15, -0.1) is 0 Å². The third-order valence-corrected chi connectivity index (χ3v) is 2.14. The van der Waals surface area contributed by atoms with Gasteiger partial charge in [-0.1, -0.05) is 6.07 Å². The fraction of sp³-hybridized carbons (Fsp3) is 0.500. The van der Waals surface area contributed by atoms with Crippen LogP contribution in [0.25, 0.3) is 0 Å². The monoisotopic (exact) mass is 233 g/mol. The van der Waals surface area contributed by atoms with E-state index in [1.165, 1.54) is 6.20 Å². The van der Waals surface area contributed by atoms with Crippen molar-refractivity contribution >= 4 is 5.82 Å². The summed E-state index contributed by atoms with van der Waals surface area (Å²) < 4.78 is 36.6. The first-order chi connectivity index (χ1) is 7.30. The van der Waals surface area contributed by atoms with E-state index in [1.54, 1.807) is 17.0 Å². The lowest BCUT2D eigenvalue weighted by Gasteiger charge is -2.16. The van der Waals surface area contributed by atoms with E-state index in [9.17, 15) is 13.2 Å². The molecule has 1 rings (SSSR count). The number of nitrogens with two attached hydrogens (primary N) is 1. The van der Waals surface area contributed by atoms with Gasteiger partial charge in [0.05, 0.1) is 0 Å². The van der Waals surface area contributed by atoms with Crippen LogP contribution < -0.4 is 10.6 Å². The van der Waals surface area contributed by atoms with Crippen LogP contribution in [0.1, 0.15) is 5.56 Å². The van der Waals surface area contributed by atoms with E-state index < -0.39 is 12.2 Å². The smallest absolute Gasteiger partial charge is 0.363 e. The summed E-state index contributed by atoms with van der Waals surface area (Å²) >= 11 is 0. The maximum absolute atomic E-state index is 12.2. The lowest BCUT2D eigenvalue weighted by atomic mass is 10.1. The van der Waals surface area contributed by atoms with Gasteiger partial charge in [-0.05, 0) is 18.1 Å². The molecule has 0 bridgehead atoms. The highest BCUT2D eigenvalue weighted by Gasteiger charge is 2.36. The quantitative estimate of drug-likeness (QED) is 0.861. The van der Waals surface area contributed by atoms with Gasteiger partial charge < -0.3 is 10.6 Å². The number of nitrogens with zero attached hydrogens (tertiary/aromatic N) is 2. The van der Waals surface area contributed by atoms with Crippen LogP contribution in [0.4, 0.5) is 19.0 Å². The van der Waals surface area contributed by atoms with Gasteiger partial charge in [0.2, 0.25) is 0 Å². The molecule has 2 N–H and O–H groups in total. The molecule has 0 aliphatic carbocycles. The van der Waals surface area contributed by atoms with Crippen molar-refractivity contribution in [1.82, 2.24) is 4.98 Å². The van der Waals surface area contributed by atoms with Crippen molar-refractivity contribution in [2.24, 2.45) is 5.73 Å². The Hall–Kier alpha value is -1.30. The van der Waals surface area contributed by atoms with Crippen LogP contribution >= 0.6 is 0 Å². The minimum absolute atomic E-state index is 0.246. The summed E-state index contributed by atoms with van der Waals surface area (Å²) in [4.78, 5) is 5.79.